The van der Waals surface area contributed by atoms with Gasteiger partial charge in [-0.05, 0) is 96.8 Å². The molecule has 44 heavy (non-hydrogen) atoms. The molecule has 0 unspecified atom stereocenters. The Kier molecular flexibility index (Phi) is 6.51. The second kappa shape index (κ2) is 10.1. The average molecular weight is 655 g/mol. The zero-order valence-electron chi connectivity index (χ0n) is 25.2. The van der Waals surface area contributed by atoms with E-state index in [-0.39, 0.29) is 35.6 Å². The number of halogens is 1. The van der Waals surface area contributed by atoms with E-state index in [0.717, 1.165) is 50.9 Å². The lowest BCUT2D eigenvalue weighted by Gasteiger charge is -2.27. The van der Waals surface area contributed by atoms with Crippen LogP contribution in [0.4, 0.5) is 5.82 Å². The number of amides is 2. The van der Waals surface area contributed by atoms with Crippen molar-refractivity contribution in [3.8, 4) is 11.1 Å². The summed E-state index contributed by atoms with van der Waals surface area (Å²) in [5.41, 5.74) is 6.49. The van der Waals surface area contributed by atoms with Crippen molar-refractivity contribution in [2.75, 3.05) is 5.32 Å². The van der Waals surface area contributed by atoms with Crippen molar-refractivity contribution >= 4 is 55.9 Å². The maximum atomic E-state index is 14.0. The van der Waals surface area contributed by atoms with Crippen molar-refractivity contribution in [3.63, 3.8) is 0 Å². The number of benzene rings is 1. The number of fused-ring (bicyclic) bond motifs is 3. The van der Waals surface area contributed by atoms with E-state index >= 15 is 0 Å². The molecule has 1 aromatic carbocycles. The molecule has 224 valence electrons. The van der Waals surface area contributed by atoms with Gasteiger partial charge in [0, 0.05) is 47.2 Å². The minimum Gasteiger partial charge on any atom is -0.337 e. The Morgan fingerprint density at radius 3 is 2.61 bits per heavy atom. The lowest BCUT2D eigenvalue weighted by atomic mass is 10.0. The number of piperidine rings is 1. The molecule has 5 aromatic rings. The molecule has 4 aromatic heterocycles. The number of carbonyl (C=O) groups excluding carboxylic acids is 3. The molecular formula is C33H32BrN7O3. The first-order valence-electron chi connectivity index (χ1n) is 14.6. The summed E-state index contributed by atoms with van der Waals surface area (Å²) in [4.78, 5) is 51.1. The molecule has 1 aliphatic heterocycles. The number of nitrogens with one attached hydrogen (secondary N) is 1. The zero-order valence-corrected chi connectivity index (χ0v) is 26.8. The summed E-state index contributed by atoms with van der Waals surface area (Å²) < 4.78 is 4.24. The smallest absolute Gasteiger partial charge is 0.248 e. The maximum absolute atomic E-state index is 14.0. The Bertz CT molecular complexity index is 2050. The topological polar surface area (TPSA) is 114 Å². The third-order valence-corrected chi connectivity index (χ3v) is 9.59. The fourth-order valence-electron chi connectivity index (χ4n) is 6.79. The Morgan fingerprint density at radius 2 is 1.84 bits per heavy atom. The van der Waals surface area contributed by atoms with Gasteiger partial charge in [-0.3, -0.25) is 14.4 Å². The maximum Gasteiger partial charge on any atom is 0.248 e. The van der Waals surface area contributed by atoms with E-state index < -0.39 is 6.04 Å². The van der Waals surface area contributed by atoms with Crippen LogP contribution < -0.4 is 5.32 Å². The number of rotatable bonds is 6. The second-order valence-corrected chi connectivity index (χ2v) is 13.3. The number of aryl methyl sites for hydroxylation is 3. The van der Waals surface area contributed by atoms with Gasteiger partial charge in [0.25, 0.3) is 0 Å². The Morgan fingerprint density at radius 1 is 1.05 bits per heavy atom. The first-order chi connectivity index (χ1) is 20.9. The molecule has 1 saturated heterocycles. The van der Waals surface area contributed by atoms with Crippen molar-refractivity contribution in [1.82, 2.24) is 29.0 Å². The summed E-state index contributed by atoms with van der Waals surface area (Å²) in [7, 11) is 0. The van der Waals surface area contributed by atoms with Gasteiger partial charge in [0.05, 0.1) is 11.2 Å². The van der Waals surface area contributed by atoms with Gasteiger partial charge in [0.1, 0.15) is 23.0 Å². The first kappa shape index (κ1) is 28.4. The van der Waals surface area contributed by atoms with Crippen molar-refractivity contribution in [2.45, 2.75) is 66.1 Å². The van der Waals surface area contributed by atoms with E-state index in [4.69, 9.17) is 0 Å². The Balaban J connectivity index is 1.21. The highest BCUT2D eigenvalue weighted by molar-refractivity contribution is 9.10. The molecule has 0 spiro atoms. The Labute approximate surface area is 262 Å². The monoisotopic (exact) mass is 653 g/mol. The fraction of sp³-hybridized carbons (Fsp3) is 0.333. The molecule has 7 rings (SSSR count). The molecule has 5 heterocycles. The van der Waals surface area contributed by atoms with Gasteiger partial charge in [-0.2, -0.15) is 5.10 Å². The summed E-state index contributed by atoms with van der Waals surface area (Å²) in [5, 5.41) is 8.22. The van der Waals surface area contributed by atoms with Gasteiger partial charge in [0.15, 0.2) is 11.4 Å². The average Bonchev–Trinajstić information content (AvgIpc) is 3.24. The normalized spacial score (nSPS) is 20.7. The van der Waals surface area contributed by atoms with Gasteiger partial charge >= 0.3 is 0 Å². The molecule has 3 atom stereocenters. The van der Waals surface area contributed by atoms with Crippen molar-refractivity contribution in [3.05, 3.63) is 75.9 Å². The largest absolute Gasteiger partial charge is 0.337 e. The van der Waals surface area contributed by atoms with Gasteiger partial charge < -0.3 is 14.8 Å². The highest BCUT2D eigenvalue weighted by Crippen LogP contribution is 2.59. The summed E-state index contributed by atoms with van der Waals surface area (Å²) in [6.07, 6.45) is 6.98. The lowest BCUT2D eigenvalue weighted by molar-refractivity contribution is -0.138. The van der Waals surface area contributed by atoms with Gasteiger partial charge in [-0.25, -0.2) is 14.5 Å². The van der Waals surface area contributed by atoms with Crippen LogP contribution in [-0.2, 0) is 16.1 Å². The van der Waals surface area contributed by atoms with Crippen LogP contribution in [-0.4, -0.2) is 58.7 Å². The fourth-order valence-corrected chi connectivity index (χ4v) is 7.10. The number of Topliss-reactive ketones (excluding diaryl/α,β-unsaturated/α-hetero) is 1. The Hall–Kier alpha value is -4.38. The number of hydrogen-bond acceptors (Lipinski definition) is 6. The number of ketones is 1. The molecule has 1 aliphatic carbocycles. The van der Waals surface area contributed by atoms with Crippen LogP contribution in [0, 0.1) is 26.2 Å². The summed E-state index contributed by atoms with van der Waals surface area (Å²) in [5.74, 6) is 0.0168. The van der Waals surface area contributed by atoms with Crippen LogP contribution in [0.5, 0.6) is 0 Å². The molecule has 2 fully saturated rings. The van der Waals surface area contributed by atoms with E-state index in [1.165, 1.54) is 6.92 Å². The molecule has 2 amide bonds. The van der Waals surface area contributed by atoms with Crippen LogP contribution in [0.2, 0.25) is 0 Å². The molecule has 1 saturated carbocycles. The number of pyridine rings is 1. The minimum atomic E-state index is -0.596. The SMILES string of the molecule is CC(=O)c1cn(CC(=O)N2[C@H](C(=O)Nc3nc(Br)ccc3C)C[C@@]3(C)C[C@@H]23)c2c(C)cc(-c3cnc4cc(C)nn4c3)cc12. The predicted molar refractivity (Wildman–Crippen MR) is 170 cm³/mol. The number of anilines is 1. The molecule has 11 heteroatoms. The van der Waals surface area contributed by atoms with Crippen LogP contribution in [0.1, 0.15) is 53.9 Å². The number of hydrogen-bond donors (Lipinski definition) is 1. The quantitative estimate of drug-likeness (QED) is 0.187. The molecule has 0 bridgehead atoms. The van der Waals surface area contributed by atoms with E-state index in [0.29, 0.717) is 22.4 Å². The summed E-state index contributed by atoms with van der Waals surface area (Å²) in [6.45, 7) is 9.49. The van der Waals surface area contributed by atoms with Crippen LogP contribution in [0.3, 0.4) is 0 Å². The number of likely N-dealkylation sites (tertiary alicyclic amines) is 1. The van der Waals surface area contributed by atoms with Crippen molar-refractivity contribution in [2.24, 2.45) is 5.41 Å². The third-order valence-electron chi connectivity index (χ3n) is 9.15. The standard InChI is InChI=1S/C33H32BrN7O3/c1-17-6-7-27(34)36-31(17)37-32(44)25-11-33(5)12-26(33)41(25)29(43)16-39-15-24(20(4)42)23-10-21(8-18(2)30(23)39)22-13-35-28-9-19(3)38-40(28)14-22/h6-10,13-15,25-26H,11-12,16H2,1-5H3,(H,36,37,44)/t25-,26+,33-/m0/s1. The van der Waals surface area contributed by atoms with Crippen molar-refractivity contribution in [1.29, 1.82) is 0 Å². The van der Waals surface area contributed by atoms with Gasteiger partial charge in [-0.15, -0.1) is 0 Å². The molecule has 0 radical (unpaired) electrons. The van der Waals surface area contributed by atoms with Gasteiger partial charge in [0.2, 0.25) is 11.8 Å². The molecule has 10 nitrogen and oxygen atoms in total. The highest BCUT2D eigenvalue weighted by Gasteiger charge is 2.64. The van der Waals surface area contributed by atoms with Crippen LogP contribution in [0.25, 0.3) is 27.7 Å². The lowest BCUT2D eigenvalue weighted by Crippen LogP contribution is -2.46. The number of nitrogens with zero attached hydrogens (tertiary/aromatic N) is 6. The first-order valence-corrected chi connectivity index (χ1v) is 15.4. The molecule has 1 N–H and O–H groups in total. The summed E-state index contributed by atoms with van der Waals surface area (Å²) in [6, 6.07) is 9.07. The third kappa shape index (κ3) is 4.70. The summed E-state index contributed by atoms with van der Waals surface area (Å²) >= 11 is 3.37. The molecule has 2 aliphatic rings. The number of carbonyl (C=O) groups is 3. The van der Waals surface area contributed by atoms with E-state index in [1.807, 2.05) is 61.9 Å². The number of aromatic nitrogens is 5. The molecular weight excluding hydrogens is 622 g/mol. The zero-order chi connectivity index (χ0) is 31.1. The van der Waals surface area contributed by atoms with E-state index in [1.54, 1.807) is 21.8 Å². The van der Waals surface area contributed by atoms with Gasteiger partial charge in [-0.1, -0.05) is 13.0 Å². The van der Waals surface area contributed by atoms with E-state index in [2.05, 4.69) is 43.2 Å². The second-order valence-electron chi connectivity index (χ2n) is 12.5. The highest BCUT2D eigenvalue weighted by atomic mass is 79.9. The van der Waals surface area contributed by atoms with E-state index in [9.17, 15) is 14.4 Å². The minimum absolute atomic E-state index is 0.0115. The van der Waals surface area contributed by atoms with Crippen molar-refractivity contribution < 1.29 is 14.4 Å². The van der Waals surface area contributed by atoms with Crippen LogP contribution >= 0.6 is 15.9 Å². The predicted octanol–water partition coefficient (Wildman–Crippen LogP) is 5.65. The van der Waals surface area contributed by atoms with Crippen LogP contribution in [0.15, 0.2) is 53.5 Å².